The van der Waals surface area contributed by atoms with Crippen LogP contribution in [0.1, 0.15) is 31.4 Å². The van der Waals surface area contributed by atoms with Crippen molar-refractivity contribution in [1.29, 1.82) is 0 Å². The van der Waals surface area contributed by atoms with Crippen LogP contribution < -0.4 is 10.6 Å². The highest BCUT2D eigenvalue weighted by Gasteiger charge is 2.13. The maximum absolute atomic E-state index is 11.7. The van der Waals surface area contributed by atoms with Gasteiger partial charge in [-0.3, -0.25) is 14.9 Å². The molecule has 6 nitrogen and oxygen atoms in total. The Hall–Kier alpha value is -1.95. The Balaban J connectivity index is 2.59. The highest BCUT2D eigenvalue weighted by Crippen LogP contribution is 2.19. The lowest BCUT2D eigenvalue weighted by molar-refractivity contribution is -0.385. The van der Waals surface area contributed by atoms with Crippen LogP contribution in [0.4, 0.5) is 5.69 Å². The molecule has 0 aromatic heterocycles. The van der Waals surface area contributed by atoms with E-state index in [1.165, 1.54) is 0 Å². The van der Waals surface area contributed by atoms with Crippen molar-refractivity contribution in [3.63, 3.8) is 0 Å². The van der Waals surface area contributed by atoms with Gasteiger partial charge in [0.05, 0.1) is 11.0 Å². The third-order valence-electron chi connectivity index (χ3n) is 3.03. The van der Waals surface area contributed by atoms with Crippen molar-refractivity contribution in [1.82, 2.24) is 10.6 Å². The van der Waals surface area contributed by atoms with Crippen LogP contribution in [-0.4, -0.2) is 23.4 Å². The number of nitrogens with zero attached hydrogens (tertiary/aromatic N) is 1. The lowest BCUT2D eigenvalue weighted by atomic mass is 10.1. The largest absolute Gasteiger partial charge is 0.355 e. The van der Waals surface area contributed by atoms with Crippen LogP contribution in [0.3, 0.4) is 0 Å². The molecule has 1 amide bonds. The number of benzene rings is 1. The molecule has 1 aromatic carbocycles. The Morgan fingerprint density at radius 3 is 2.75 bits per heavy atom. The van der Waals surface area contributed by atoms with Crippen molar-refractivity contribution in [2.75, 3.05) is 6.54 Å². The predicted molar refractivity (Wildman–Crippen MR) is 77.4 cm³/mol. The van der Waals surface area contributed by atoms with E-state index in [0.29, 0.717) is 18.7 Å². The van der Waals surface area contributed by atoms with E-state index in [1.54, 1.807) is 26.0 Å². The van der Waals surface area contributed by atoms with Crippen LogP contribution in [0, 0.1) is 17.0 Å². The second-order valence-electron chi connectivity index (χ2n) is 4.77. The molecule has 0 spiro atoms. The Labute approximate surface area is 118 Å². The second kappa shape index (κ2) is 7.59. The van der Waals surface area contributed by atoms with Gasteiger partial charge in [0, 0.05) is 24.7 Å². The van der Waals surface area contributed by atoms with Gasteiger partial charge in [-0.1, -0.05) is 19.1 Å². The zero-order valence-corrected chi connectivity index (χ0v) is 12.1. The van der Waals surface area contributed by atoms with Crippen LogP contribution >= 0.6 is 0 Å². The minimum absolute atomic E-state index is 0.0616. The number of amides is 1. The van der Waals surface area contributed by atoms with Crippen molar-refractivity contribution in [2.45, 2.75) is 39.8 Å². The third-order valence-corrected chi connectivity index (χ3v) is 3.03. The molecule has 0 fully saturated rings. The number of nitro groups is 1. The summed E-state index contributed by atoms with van der Waals surface area (Å²) in [4.78, 5) is 22.1. The van der Waals surface area contributed by atoms with Gasteiger partial charge in [-0.2, -0.15) is 0 Å². The molecule has 20 heavy (non-hydrogen) atoms. The van der Waals surface area contributed by atoms with E-state index in [9.17, 15) is 14.9 Å². The highest BCUT2D eigenvalue weighted by molar-refractivity contribution is 5.81. The predicted octanol–water partition coefficient (Wildman–Crippen LogP) is 1.91. The molecule has 0 saturated heterocycles. The molecule has 0 aliphatic carbocycles. The molecule has 1 rings (SSSR count). The van der Waals surface area contributed by atoms with Crippen LogP contribution in [0.2, 0.25) is 0 Å². The fourth-order valence-electron chi connectivity index (χ4n) is 1.73. The molecular weight excluding hydrogens is 258 g/mol. The molecule has 0 aliphatic heterocycles. The van der Waals surface area contributed by atoms with Gasteiger partial charge in [-0.15, -0.1) is 0 Å². The summed E-state index contributed by atoms with van der Waals surface area (Å²) in [6.07, 6.45) is 0.891. The zero-order valence-electron chi connectivity index (χ0n) is 12.1. The second-order valence-corrected chi connectivity index (χ2v) is 4.77. The van der Waals surface area contributed by atoms with Gasteiger partial charge in [0.15, 0.2) is 0 Å². The number of nitrogens with one attached hydrogen (secondary N) is 2. The number of nitro benzene ring substituents is 1. The van der Waals surface area contributed by atoms with Gasteiger partial charge in [-0.25, -0.2) is 0 Å². The topological polar surface area (TPSA) is 84.3 Å². The van der Waals surface area contributed by atoms with E-state index in [4.69, 9.17) is 0 Å². The number of rotatable bonds is 7. The Kier molecular flexibility index (Phi) is 6.11. The van der Waals surface area contributed by atoms with Gasteiger partial charge in [-0.05, 0) is 25.8 Å². The molecule has 110 valence electrons. The Bertz CT molecular complexity index is 489. The number of aryl methyl sites for hydroxylation is 1. The van der Waals surface area contributed by atoms with E-state index in [-0.39, 0.29) is 17.6 Å². The van der Waals surface area contributed by atoms with Gasteiger partial charge in [0.2, 0.25) is 5.91 Å². The van der Waals surface area contributed by atoms with Gasteiger partial charge >= 0.3 is 0 Å². The minimum atomic E-state index is -0.393. The third kappa shape index (κ3) is 4.62. The molecule has 1 unspecified atom stereocenters. The first-order chi connectivity index (χ1) is 9.45. The normalized spacial score (nSPS) is 11.9. The molecule has 0 bridgehead atoms. The highest BCUT2D eigenvalue weighted by atomic mass is 16.6. The average molecular weight is 279 g/mol. The van der Waals surface area contributed by atoms with Crippen molar-refractivity contribution in [3.8, 4) is 0 Å². The van der Waals surface area contributed by atoms with Crippen molar-refractivity contribution in [2.24, 2.45) is 0 Å². The lowest BCUT2D eigenvalue weighted by Crippen LogP contribution is -2.42. The van der Waals surface area contributed by atoms with Crippen LogP contribution in [0.25, 0.3) is 0 Å². The van der Waals surface area contributed by atoms with Gasteiger partial charge < -0.3 is 10.6 Å². The monoisotopic (exact) mass is 279 g/mol. The van der Waals surface area contributed by atoms with Crippen molar-refractivity contribution in [3.05, 3.63) is 39.4 Å². The van der Waals surface area contributed by atoms with Crippen molar-refractivity contribution < 1.29 is 9.72 Å². The van der Waals surface area contributed by atoms with E-state index in [0.717, 1.165) is 12.0 Å². The molecule has 0 heterocycles. The smallest absolute Gasteiger partial charge is 0.272 e. The van der Waals surface area contributed by atoms with E-state index in [1.807, 2.05) is 13.0 Å². The molecule has 2 N–H and O–H groups in total. The summed E-state index contributed by atoms with van der Waals surface area (Å²) in [7, 11) is 0. The molecule has 6 heteroatoms. The van der Waals surface area contributed by atoms with Crippen LogP contribution in [0.15, 0.2) is 18.2 Å². The Morgan fingerprint density at radius 1 is 1.45 bits per heavy atom. The van der Waals surface area contributed by atoms with Crippen LogP contribution in [0.5, 0.6) is 0 Å². The SMILES string of the molecule is CCCNC(=O)C(C)NCc1ccc(C)c([N+](=O)[O-])c1. The fourth-order valence-corrected chi connectivity index (χ4v) is 1.73. The fraction of sp³-hybridized carbons (Fsp3) is 0.500. The van der Waals surface area contributed by atoms with Crippen LogP contribution in [-0.2, 0) is 11.3 Å². The molecule has 0 saturated carbocycles. The maximum Gasteiger partial charge on any atom is 0.272 e. The summed E-state index contributed by atoms with van der Waals surface area (Å²) in [6, 6.07) is 4.75. The van der Waals surface area contributed by atoms with Gasteiger partial charge in [0.25, 0.3) is 5.69 Å². The lowest BCUT2D eigenvalue weighted by Gasteiger charge is -2.13. The standard InChI is InChI=1S/C14H21N3O3/c1-4-7-15-14(18)11(3)16-9-12-6-5-10(2)13(8-12)17(19)20/h5-6,8,11,16H,4,7,9H2,1-3H3,(H,15,18). The summed E-state index contributed by atoms with van der Waals surface area (Å²) in [5.74, 6) is -0.0616. The molecule has 1 atom stereocenters. The quantitative estimate of drug-likeness (QED) is 0.590. The maximum atomic E-state index is 11.7. The molecule has 0 radical (unpaired) electrons. The summed E-state index contributed by atoms with van der Waals surface area (Å²) in [5, 5.41) is 16.7. The Morgan fingerprint density at radius 2 is 2.15 bits per heavy atom. The number of carbonyl (C=O) groups excluding carboxylic acids is 1. The first-order valence-corrected chi connectivity index (χ1v) is 6.70. The molecular formula is C14H21N3O3. The molecule has 1 aromatic rings. The van der Waals surface area contributed by atoms with E-state index < -0.39 is 4.92 Å². The zero-order chi connectivity index (χ0) is 15.1. The average Bonchev–Trinajstić information content (AvgIpc) is 2.43. The number of hydrogen-bond donors (Lipinski definition) is 2. The van der Waals surface area contributed by atoms with Gasteiger partial charge in [0.1, 0.15) is 0 Å². The summed E-state index contributed by atoms with van der Waals surface area (Å²) >= 11 is 0. The number of carbonyl (C=O) groups is 1. The minimum Gasteiger partial charge on any atom is -0.355 e. The molecule has 0 aliphatic rings. The summed E-state index contributed by atoms with van der Waals surface area (Å²) in [5.41, 5.74) is 1.53. The van der Waals surface area contributed by atoms with E-state index >= 15 is 0 Å². The summed E-state index contributed by atoms with van der Waals surface area (Å²) < 4.78 is 0. The first-order valence-electron chi connectivity index (χ1n) is 6.70. The van der Waals surface area contributed by atoms with Crippen molar-refractivity contribution >= 4 is 11.6 Å². The van der Waals surface area contributed by atoms with E-state index in [2.05, 4.69) is 10.6 Å². The first kappa shape index (κ1) is 16.1. The number of hydrogen-bond acceptors (Lipinski definition) is 4. The summed E-state index contributed by atoms with van der Waals surface area (Å²) in [6.45, 7) is 6.54.